The molecule has 6 heteroatoms. The number of carbonyl (C=O) groups excluding carboxylic acids is 1. The van der Waals surface area contributed by atoms with E-state index < -0.39 is 30.0 Å². The van der Waals surface area contributed by atoms with Crippen molar-refractivity contribution in [2.75, 3.05) is 7.11 Å². The number of benzene rings is 1. The van der Waals surface area contributed by atoms with Crippen LogP contribution in [0.3, 0.4) is 0 Å². The van der Waals surface area contributed by atoms with Gasteiger partial charge in [0.25, 0.3) is 0 Å². The lowest BCUT2D eigenvalue weighted by Gasteiger charge is -2.32. The van der Waals surface area contributed by atoms with Gasteiger partial charge >= 0.3 is 13.1 Å². The molecule has 0 bridgehead atoms. The minimum absolute atomic E-state index is 0.355. The van der Waals surface area contributed by atoms with E-state index in [1.165, 1.54) is 7.11 Å². The van der Waals surface area contributed by atoms with Crippen LogP contribution in [0.25, 0.3) is 5.57 Å². The molecule has 0 N–H and O–H groups in total. The molecular formula is C19H22BFO4. The first kappa shape index (κ1) is 19.2. The zero-order chi connectivity index (χ0) is 18.8. The van der Waals surface area contributed by atoms with Crippen molar-refractivity contribution in [3.05, 3.63) is 41.1 Å². The van der Waals surface area contributed by atoms with Crippen LogP contribution in [-0.2, 0) is 18.8 Å². The predicted molar refractivity (Wildman–Crippen MR) is 95.1 cm³/mol. The molecule has 1 aromatic carbocycles. The molecule has 4 nitrogen and oxygen atoms in total. The van der Waals surface area contributed by atoms with Crippen LogP contribution in [0.4, 0.5) is 4.39 Å². The Morgan fingerprint density at radius 2 is 1.72 bits per heavy atom. The first-order chi connectivity index (χ1) is 11.6. The molecular weight excluding hydrogens is 322 g/mol. The average Bonchev–Trinajstić information content (AvgIpc) is 2.79. The number of esters is 1. The summed E-state index contributed by atoms with van der Waals surface area (Å²) < 4.78 is 31.0. The molecule has 0 aromatic heterocycles. The Morgan fingerprint density at radius 3 is 2.28 bits per heavy atom. The van der Waals surface area contributed by atoms with Crippen molar-refractivity contribution in [1.82, 2.24) is 0 Å². The molecule has 0 spiro atoms. The molecule has 0 radical (unpaired) electrons. The Balaban J connectivity index is 2.40. The summed E-state index contributed by atoms with van der Waals surface area (Å²) in [6.07, 6.45) is 0. The zero-order valence-corrected chi connectivity index (χ0v) is 15.4. The number of hydrogen-bond acceptors (Lipinski definition) is 4. The maximum atomic E-state index is 15.0. The zero-order valence-electron chi connectivity index (χ0n) is 15.4. The van der Waals surface area contributed by atoms with Gasteiger partial charge in [0.2, 0.25) is 0 Å². The van der Waals surface area contributed by atoms with E-state index in [1.807, 2.05) is 27.7 Å². The van der Waals surface area contributed by atoms with Gasteiger partial charge in [0.15, 0.2) is 0 Å². The first-order valence-electron chi connectivity index (χ1n) is 8.00. The lowest BCUT2D eigenvalue weighted by Crippen LogP contribution is -2.41. The van der Waals surface area contributed by atoms with Crippen LogP contribution in [0.2, 0.25) is 0 Å². The molecule has 132 valence electrons. The summed E-state index contributed by atoms with van der Waals surface area (Å²) in [6.45, 7) is 9.10. The van der Waals surface area contributed by atoms with Crippen molar-refractivity contribution in [2.24, 2.45) is 0 Å². The molecule has 1 aliphatic heterocycles. The van der Waals surface area contributed by atoms with Crippen LogP contribution in [0.15, 0.2) is 30.0 Å². The standard InChI is InChI=1S/C19H22BFO4/c1-13(17(21)20-24-18(2,3)19(4,5)25-20)15-10-8-7-9-14(15)11-12-16(22)23-6/h7-10H,1-6H3. The van der Waals surface area contributed by atoms with E-state index in [2.05, 4.69) is 16.6 Å². The number of carbonyl (C=O) groups is 1. The molecule has 1 fully saturated rings. The molecule has 1 saturated heterocycles. The summed E-state index contributed by atoms with van der Waals surface area (Å²) in [6, 6.07) is 7.00. The van der Waals surface area contributed by atoms with Gasteiger partial charge in [0, 0.05) is 11.5 Å². The minimum Gasteiger partial charge on any atom is -0.459 e. The highest BCUT2D eigenvalue weighted by atomic mass is 19.1. The SMILES string of the molecule is COC(=O)C#Cc1ccccc1C(C)=C(F)B1OC(C)(C)C(C)(C)O1. The van der Waals surface area contributed by atoms with Crippen LogP contribution in [0.1, 0.15) is 45.7 Å². The van der Waals surface area contributed by atoms with Gasteiger partial charge in [-0.2, -0.15) is 0 Å². The summed E-state index contributed by atoms with van der Waals surface area (Å²) in [5.74, 6) is 4.43. The van der Waals surface area contributed by atoms with E-state index in [0.717, 1.165) is 0 Å². The molecule has 1 aliphatic rings. The highest BCUT2D eigenvalue weighted by Crippen LogP contribution is 2.40. The van der Waals surface area contributed by atoms with Crippen LogP contribution in [0, 0.1) is 11.8 Å². The Labute approximate surface area is 148 Å². The summed E-state index contributed by atoms with van der Waals surface area (Å²) in [5.41, 5.74) is -0.304. The molecule has 1 heterocycles. The highest BCUT2D eigenvalue weighted by molar-refractivity contribution is 6.55. The second-order valence-electron chi connectivity index (χ2n) is 6.85. The fourth-order valence-corrected chi connectivity index (χ4v) is 2.34. The van der Waals surface area contributed by atoms with Gasteiger partial charge in [0.1, 0.15) is 5.73 Å². The number of hydrogen-bond donors (Lipinski definition) is 0. The van der Waals surface area contributed by atoms with Gasteiger partial charge in [-0.25, -0.2) is 9.18 Å². The minimum atomic E-state index is -1.08. The summed E-state index contributed by atoms with van der Waals surface area (Å²) in [7, 11) is 0.179. The van der Waals surface area contributed by atoms with E-state index in [9.17, 15) is 4.79 Å². The molecule has 0 unspecified atom stereocenters. The molecule has 0 saturated carbocycles. The number of rotatable bonds is 2. The maximum Gasteiger partial charge on any atom is 0.525 e. The van der Waals surface area contributed by atoms with Crippen molar-refractivity contribution in [3.8, 4) is 11.8 Å². The third-order valence-electron chi connectivity index (χ3n) is 4.63. The predicted octanol–water partition coefficient (Wildman–Crippen LogP) is 3.54. The summed E-state index contributed by atoms with van der Waals surface area (Å²) in [5, 5.41) is 0. The van der Waals surface area contributed by atoms with Gasteiger partial charge in [-0.05, 0) is 51.8 Å². The van der Waals surface area contributed by atoms with Gasteiger partial charge in [-0.15, -0.1) is 0 Å². The fourth-order valence-electron chi connectivity index (χ4n) is 2.34. The normalized spacial score (nSPS) is 18.9. The number of ether oxygens (including phenoxy) is 1. The average molecular weight is 344 g/mol. The number of allylic oxidation sites excluding steroid dienone is 1. The lowest BCUT2D eigenvalue weighted by atomic mass is 9.82. The Bertz CT molecular complexity index is 755. The van der Waals surface area contributed by atoms with Gasteiger partial charge in [-0.3, -0.25) is 0 Å². The van der Waals surface area contributed by atoms with E-state index in [4.69, 9.17) is 9.31 Å². The Morgan fingerprint density at radius 1 is 1.16 bits per heavy atom. The van der Waals surface area contributed by atoms with E-state index in [-0.39, 0.29) is 0 Å². The first-order valence-corrected chi connectivity index (χ1v) is 8.00. The topological polar surface area (TPSA) is 44.8 Å². The molecule has 0 aliphatic carbocycles. The van der Waals surface area contributed by atoms with Crippen LogP contribution in [-0.4, -0.2) is 31.4 Å². The monoisotopic (exact) mass is 344 g/mol. The Kier molecular flexibility index (Phi) is 5.41. The van der Waals surface area contributed by atoms with Crippen molar-refractivity contribution in [2.45, 2.75) is 45.8 Å². The Hall–Kier alpha value is -2.10. The third-order valence-corrected chi connectivity index (χ3v) is 4.63. The van der Waals surface area contributed by atoms with Crippen molar-refractivity contribution in [3.63, 3.8) is 0 Å². The maximum absolute atomic E-state index is 15.0. The molecule has 0 amide bonds. The summed E-state index contributed by atoms with van der Waals surface area (Å²) in [4.78, 5) is 11.2. The molecule has 1 aromatic rings. The van der Waals surface area contributed by atoms with E-state index in [0.29, 0.717) is 16.7 Å². The largest absolute Gasteiger partial charge is 0.525 e. The smallest absolute Gasteiger partial charge is 0.459 e. The van der Waals surface area contributed by atoms with Gasteiger partial charge in [0.05, 0.1) is 18.3 Å². The van der Waals surface area contributed by atoms with E-state index >= 15 is 4.39 Å². The van der Waals surface area contributed by atoms with Gasteiger partial charge in [-0.1, -0.05) is 24.1 Å². The fraction of sp³-hybridized carbons (Fsp3) is 0.421. The molecule has 25 heavy (non-hydrogen) atoms. The number of methoxy groups -OCH3 is 1. The molecule has 2 rings (SSSR count). The van der Waals surface area contributed by atoms with Gasteiger partial charge < -0.3 is 14.0 Å². The van der Waals surface area contributed by atoms with Crippen molar-refractivity contribution in [1.29, 1.82) is 0 Å². The van der Waals surface area contributed by atoms with Crippen LogP contribution in [0.5, 0.6) is 0 Å². The van der Waals surface area contributed by atoms with Crippen LogP contribution < -0.4 is 0 Å². The molecule has 0 atom stereocenters. The summed E-state index contributed by atoms with van der Waals surface area (Å²) >= 11 is 0. The van der Waals surface area contributed by atoms with E-state index in [1.54, 1.807) is 31.2 Å². The van der Waals surface area contributed by atoms with Crippen LogP contribution >= 0.6 is 0 Å². The lowest BCUT2D eigenvalue weighted by molar-refractivity contribution is -0.133. The number of halogens is 1. The van der Waals surface area contributed by atoms with Crippen molar-refractivity contribution < 1.29 is 23.2 Å². The second-order valence-corrected chi connectivity index (χ2v) is 6.85. The highest BCUT2D eigenvalue weighted by Gasteiger charge is 2.53. The quantitative estimate of drug-likeness (QED) is 0.468. The van der Waals surface area contributed by atoms with Crippen molar-refractivity contribution >= 4 is 18.7 Å². The second kappa shape index (κ2) is 7.03. The third kappa shape index (κ3) is 3.94.